The lowest BCUT2D eigenvalue weighted by molar-refractivity contribution is 0.102. The van der Waals surface area contributed by atoms with E-state index in [-0.39, 0.29) is 5.91 Å². The highest BCUT2D eigenvalue weighted by molar-refractivity contribution is 6.03. The molecule has 29 heavy (non-hydrogen) atoms. The van der Waals surface area contributed by atoms with Crippen LogP contribution < -0.4 is 20.1 Å². The predicted molar refractivity (Wildman–Crippen MR) is 113 cm³/mol. The van der Waals surface area contributed by atoms with E-state index in [1.54, 1.807) is 12.3 Å². The number of para-hydroxylation sites is 1. The van der Waals surface area contributed by atoms with Crippen molar-refractivity contribution in [1.82, 2.24) is 4.98 Å². The number of aromatic nitrogens is 1. The molecule has 0 unspecified atom stereocenters. The number of pyridine rings is 1. The number of hydrogen-bond donors (Lipinski definition) is 2. The highest BCUT2D eigenvalue weighted by atomic mass is 16.6. The number of hydrogen-bond acceptors (Lipinski definition) is 5. The number of rotatable bonds is 5. The highest BCUT2D eigenvalue weighted by Crippen LogP contribution is 2.33. The number of amides is 1. The minimum atomic E-state index is -0.222. The van der Waals surface area contributed by atoms with Crippen molar-refractivity contribution in [3.8, 4) is 11.5 Å². The molecule has 0 spiro atoms. The summed E-state index contributed by atoms with van der Waals surface area (Å²) in [6.45, 7) is 5.17. The largest absolute Gasteiger partial charge is 0.486 e. The van der Waals surface area contributed by atoms with Crippen molar-refractivity contribution in [2.24, 2.45) is 0 Å². The van der Waals surface area contributed by atoms with Crippen molar-refractivity contribution < 1.29 is 14.3 Å². The van der Waals surface area contributed by atoms with E-state index < -0.39 is 0 Å². The molecular weight excluding hydrogens is 366 g/mol. The number of carbonyl (C=O) groups is 1. The summed E-state index contributed by atoms with van der Waals surface area (Å²) in [6, 6.07) is 15.2. The quantitative estimate of drug-likeness (QED) is 0.661. The maximum atomic E-state index is 12.6. The van der Waals surface area contributed by atoms with E-state index in [2.05, 4.69) is 22.5 Å². The molecule has 1 aliphatic heterocycles. The number of anilines is 3. The Kier molecular flexibility index (Phi) is 5.33. The molecule has 3 aromatic rings. The van der Waals surface area contributed by atoms with Gasteiger partial charge in [0.2, 0.25) is 0 Å². The first-order valence-electron chi connectivity index (χ1n) is 9.66. The third-order valence-electron chi connectivity index (χ3n) is 4.81. The van der Waals surface area contributed by atoms with Crippen molar-refractivity contribution in [2.75, 3.05) is 23.8 Å². The van der Waals surface area contributed by atoms with Gasteiger partial charge in [-0.2, -0.15) is 0 Å². The molecule has 4 rings (SSSR count). The fourth-order valence-corrected chi connectivity index (χ4v) is 3.27. The summed E-state index contributed by atoms with van der Waals surface area (Å²) >= 11 is 0. The van der Waals surface area contributed by atoms with Crippen molar-refractivity contribution in [1.29, 1.82) is 0 Å². The smallest absolute Gasteiger partial charge is 0.274 e. The Bertz CT molecular complexity index is 1030. The Morgan fingerprint density at radius 2 is 1.83 bits per heavy atom. The summed E-state index contributed by atoms with van der Waals surface area (Å²) in [5.74, 6) is 1.24. The number of fused-ring (bicyclic) bond motifs is 1. The Morgan fingerprint density at radius 1 is 1.03 bits per heavy atom. The Labute approximate surface area is 169 Å². The van der Waals surface area contributed by atoms with Gasteiger partial charge in [-0.25, -0.2) is 4.98 Å². The van der Waals surface area contributed by atoms with Crippen LogP contribution in [-0.4, -0.2) is 24.1 Å². The van der Waals surface area contributed by atoms with Gasteiger partial charge >= 0.3 is 0 Å². The van der Waals surface area contributed by atoms with Crippen LogP contribution in [-0.2, 0) is 6.42 Å². The molecule has 2 aromatic carbocycles. The second-order valence-corrected chi connectivity index (χ2v) is 6.83. The lowest BCUT2D eigenvalue weighted by Crippen LogP contribution is -2.16. The van der Waals surface area contributed by atoms with Crippen LogP contribution in [0.4, 0.5) is 17.1 Å². The molecule has 0 fully saturated rings. The van der Waals surface area contributed by atoms with Gasteiger partial charge in [0, 0.05) is 17.4 Å². The number of ether oxygens (including phenoxy) is 2. The molecule has 1 aromatic heterocycles. The summed E-state index contributed by atoms with van der Waals surface area (Å²) in [4.78, 5) is 17.0. The molecule has 0 saturated carbocycles. The van der Waals surface area contributed by atoms with Crippen LogP contribution in [0.1, 0.15) is 28.5 Å². The second-order valence-electron chi connectivity index (χ2n) is 6.83. The van der Waals surface area contributed by atoms with E-state index in [0.717, 1.165) is 46.1 Å². The van der Waals surface area contributed by atoms with E-state index in [4.69, 9.17) is 9.47 Å². The zero-order valence-electron chi connectivity index (χ0n) is 16.5. The first kappa shape index (κ1) is 18.8. The summed E-state index contributed by atoms with van der Waals surface area (Å²) in [6.07, 6.45) is 2.49. The monoisotopic (exact) mass is 389 g/mol. The van der Waals surface area contributed by atoms with E-state index in [9.17, 15) is 4.79 Å². The fraction of sp³-hybridized carbons (Fsp3) is 0.217. The lowest BCUT2D eigenvalue weighted by Gasteiger charge is -2.19. The first-order valence-corrected chi connectivity index (χ1v) is 9.66. The molecule has 2 heterocycles. The maximum absolute atomic E-state index is 12.6. The van der Waals surface area contributed by atoms with Crippen LogP contribution in [0, 0.1) is 6.92 Å². The van der Waals surface area contributed by atoms with Gasteiger partial charge in [0.05, 0.1) is 11.9 Å². The van der Waals surface area contributed by atoms with Gasteiger partial charge in [-0.3, -0.25) is 4.79 Å². The van der Waals surface area contributed by atoms with Gasteiger partial charge in [0.25, 0.3) is 5.91 Å². The van der Waals surface area contributed by atoms with Crippen molar-refractivity contribution in [2.45, 2.75) is 20.3 Å². The number of benzene rings is 2. The molecule has 0 aliphatic carbocycles. The van der Waals surface area contributed by atoms with Gasteiger partial charge < -0.3 is 20.1 Å². The maximum Gasteiger partial charge on any atom is 0.274 e. The minimum Gasteiger partial charge on any atom is -0.486 e. The molecule has 1 aliphatic rings. The Hall–Kier alpha value is -3.54. The SMILES string of the molecule is CCc1cccc(C)c1NC(=O)c1ccc(Nc2ccc3c(c2)OCCO3)cn1. The molecule has 148 valence electrons. The third kappa shape index (κ3) is 4.16. The van der Waals surface area contributed by atoms with Crippen LogP contribution >= 0.6 is 0 Å². The number of carbonyl (C=O) groups excluding carboxylic acids is 1. The molecule has 1 amide bonds. The van der Waals surface area contributed by atoms with E-state index in [1.165, 1.54) is 0 Å². The molecule has 0 saturated heterocycles. The fourth-order valence-electron chi connectivity index (χ4n) is 3.27. The van der Waals surface area contributed by atoms with Crippen molar-refractivity contribution in [3.05, 3.63) is 71.5 Å². The summed E-state index contributed by atoms with van der Waals surface area (Å²) in [7, 11) is 0. The van der Waals surface area contributed by atoms with Crippen LogP contribution in [0.15, 0.2) is 54.7 Å². The Morgan fingerprint density at radius 3 is 2.59 bits per heavy atom. The second kappa shape index (κ2) is 8.22. The van der Waals surface area contributed by atoms with E-state index >= 15 is 0 Å². The van der Waals surface area contributed by atoms with E-state index in [0.29, 0.717) is 18.9 Å². The standard InChI is InChI=1S/C23H23N3O3/c1-3-16-6-4-5-15(2)22(16)26-23(27)19-9-7-18(14-24-19)25-17-8-10-20-21(13-17)29-12-11-28-20/h4-10,13-14,25H,3,11-12H2,1-2H3,(H,26,27). The molecule has 2 N–H and O–H groups in total. The molecular formula is C23H23N3O3. The average molecular weight is 389 g/mol. The van der Waals surface area contributed by atoms with Gasteiger partial charge in [0.15, 0.2) is 11.5 Å². The lowest BCUT2D eigenvalue weighted by atomic mass is 10.1. The van der Waals surface area contributed by atoms with Crippen LogP contribution in [0.25, 0.3) is 0 Å². The minimum absolute atomic E-state index is 0.222. The van der Waals surface area contributed by atoms with Crippen molar-refractivity contribution >= 4 is 23.0 Å². The highest BCUT2D eigenvalue weighted by Gasteiger charge is 2.13. The molecule has 6 nitrogen and oxygen atoms in total. The predicted octanol–water partition coefficient (Wildman–Crippen LogP) is 4.72. The van der Waals surface area contributed by atoms with Gasteiger partial charge in [-0.05, 0) is 48.7 Å². The van der Waals surface area contributed by atoms with Crippen LogP contribution in [0.3, 0.4) is 0 Å². The zero-order chi connectivity index (χ0) is 20.2. The first-order chi connectivity index (χ1) is 14.1. The summed E-state index contributed by atoms with van der Waals surface area (Å²) < 4.78 is 11.1. The third-order valence-corrected chi connectivity index (χ3v) is 4.81. The molecule has 0 atom stereocenters. The van der Waals surface area contributed by atoms with E-state index in [1.807, 2.05) is 49.4 Å². The van der Waals surface area contributed by atoms with Gasteiger partial charge in [-0.1, -0.05) is 25.1 Å². The van der Waals surface area contributed by atoms with Crippen LogP contribution in [0.2, 0.25) is 0 Å². The molecule has 6 heteroatoms. The summed E-state index contributed by atoms with van der Waals surface area (Å²) in [5.41, 5.74) is 5.01. The van der Waals surface area contributed by atoms with Crippen molar-refractivity contribution in [3.63, 3.8) is 0 Å². The zero-order valence-corrected chi connectivity index (χ0v) is 16.5. The number of nitrogens with zero attached hydrogens (tertiary/aromatic N) is 1. The normalized spacial score (nSPS) is 12.3. The summed E-state index contributed by atoms with van der Waals surface area (Å²) in [5, 5.41) is 6.26. The number of nitrogens with one attached hydrogen (secondary N) is 2. The molecule has 0 radical (unpaired) electrons. The molecule has 0 bridgehead atoms. The van der Waals surface area contributed by atoms with Gasteiger partial charge in [0.1, 0.15) is 18.9 Å². The number of aryl methyl sites for hydroxylation is 2. The average Bonchev–Trinajstić information content (AvgIpc) is 2.75. The van der Waals surface area contributed by atoms with Gasteiger partial charge in [-0.15, -0.1) is 0 Å². The Balaban J connectivity index is 1.46. The topological polar surface area (TPSA) is 72.5 Å². The van der Waals surface area contributed by atoms with Crippen LogP contribution in [0.5, 0.6) is 11.5 Å².